The van der Waals surface area contributed by atoms with E-state index >= 15 is 0 Å². The molecule has 0 atom stereocenters. The Bertz CT molecular complexity index is 1630. The van der Waals surface area contributed by atoms with Crippen LogP contribution in [0.5, 0.6) is 17.2 Å². The minimum absolute atomic E-state index is 0.169. The second-order valence-corrected chi connectivity index (χ2v) is 9.91. The van der Waals surface area contributed by atoms with Gasteiger partial charge in [0.2, 0.25) is 0 Å². The molecule has 0 spiro atoms. The normalized spacial score (nSPS) is 11.4. The standard InChI is InChI=1S/C33H32O7/c1-2-3-4-5-6-11-20-38-22-18-16-21(17-19-22)27(28-30(34)23-12-7-9-14-25(23)39-32(28)36)29-31(35)24-13-8-10-15-26(24)40-33(29)37/h7-10,12-19,27,34-35H,2-6,11,20H2,1H3. The number of rotatable bonds is 11. The molecule has 0 saturated carbocycles. The van der Waals surface area contributed by atoms with Crippen LogP contribution in [-0.2, 0) is 0 Å². The molecule has 0 fully saturated rings. The molecule has 0 aliphatic carbocycles. The fraction of sp³-hybridized carbons (Fsp3) is 0.273. The van der Waals surface area contributed by atoms with Gasteiger partial charge in [0.15, 0.2) is 0 Å². The lowest BCUT2D eigenvalue weighted by Gasteiger charge is -2.20. The molecule has 2 heterocycles. The summed E-state index contributed by atoms with van der Waals surface area (Å²) >= 11 is 0. The third-order valence-corrected chi connectivity index (χ3v) is 7.20. The smallest absolute Gasteiger partial charge is 0.344 e. The molecule has 7 heteroatoms. The zero-order valence-electron chi connectivity index (χ0n) is 22.4. The number of hydrogen-bond donors (Lipinski definition) is 2. The molecular formula is C33H32O7. The van der Waals surface area contributed by atoms with E-state index in [-0.39, 0.29) is 33.8 Å². The van der Waals surface area contributed by atoms with Crippen molar-refractivity contribution in [2.75, 3.05) is 6.61 Å². The molecule has 0 saturated heterocycles. The van der Waals surface area contributed by atoms with Crippen LogP contribution in [0.15, 0.2) is 91.2 Å². The fourth-order valence-corrected chi connectivity index (χ4v) is 5.11. The minimum atomic E-state index is -1.17. The van der Waals surface area contributed by atoms with Crippen LogP contribution in [0.1, 0.15) is 68.1 Å². The van der Waals surface area contributed by atoms with Gasteiger partial charge < -0.3 is 23.8 Å². The number of unbranched alkanes of at least 4 members (excludes halogenated alkanes) is 5. The number of fused-ring (bicyclic) bond motifs is 2. The topological polar surface area (TPSA) is 110 Å². The zero-order valence-corrected chi connectivity index (χ0v) is 22.4. The first-order valence-corrected chi connectivity index (χ1v) is 13.7. The maximum Gasteiger partial charge on any atom is 0.344 e. The highest BCUT2D eigenvalue weighted by molar-refractivity contribution is 5.86. The Balaban J connectivity index is 1.56. The number of para-hydroxylation sites is 2. The van der Waals surface area contributed by atoms with Gasteiger partial charge in [0, 0.05) is 0 Å². The molecule has 206 valence electrons. The van der Waals surface area contributed by atoms with Crippen LogP contribution in [0.25, 0.3) is 21.9 Å². The number of hydrogen-bond acceptors (Lipinski definition) is 7. The lowest BCUT2D eigenvalue weighted by Crippen LogP contribution is -2.21. The van der Waals surface area contributed by atoms with Gasteiger partial charge in [-0.3, -0.25) is 0 Å². The van der Waals surface area contributed by atoms with Crippen LogP contribution in [0.3, 0.4) is 0 Å². The zero-order chi connectivity index (χ0) is 28.1. The summed E-state index contributed by atoms with van der Waals surface area (Å²) in [5, 5.41) is 23.2. The Labute approximate surface area is 231 Å². The molecule has 40 heavy (non-hydrogen) atoms. The van der Waals surface area contributed by atoms with Crippen molar-refractivity contribution in [3.05, 3.63) is 110 Å². The van der Waals surface area contributed by atoms with E-state index in [0.29, 0.717) is 28.7 Å². The van der Waals surface area contributed by atoms with E-state index in [1.54, 1.807) is 72.8 Å². The highest BCUT2D eigenvalue weighted by Crippen LogP contribution is 2.42. The van der Waals surface area contributed by atoms with Gasteiger partial charge in [-0.15, -0.1) is 0 Å². The van der Waals surface area contributed by atoms with Crippen molar-refractivity contribution in [3.63, 3.8) is 0 Å². The fourth-order valence-electron chi connectivity index (χ4n) is 5.11. The summed E-state index contributed by atoms with van der Waals surface area (Å²) in [4.78, 5) is 26.6. The molecule has 5 aromatic rings. The average molecular weight is 541 g/mol. The molecule has 0 aliphatic heterocycles. The van der Waals surface area contributed by atoms with Gasteiger partial charge in [0.1, 0.15) is 28.4 Å². The molecule has 2 aromatic heterocycles. The predicted molar refractivity (Wildman–Crippen MR) is 155 cm³/mol. The molecular weight excluding hydrogens is 508 g/mol. The first kappa shape index (κ1) is 27.1. The van der Waals surface area contributed by atoms with Gasteiger partial charge in [0.05, 0.1) is 34.4 Å². The van der Waals surface area contributed by atoms with Gasteiger partial charge in [0.25, 0.3) is 0 Å². The van der Waals surface area contributed by atoms with Crippen molar-refractivity contribution in [2.45, 2.75) is 51.4 Å². The first-order chi connectivity index (χ1) is 19.5. The van der Waals surface area contributed by atoms with Gasteiger partial charge >= 0.3 is 11.3 Å². The predicted octanol–water partition coefficient (Wildman–Crippen LogP) is 7.23. The summed E-state index contributed by atoms with van der Waals surface area (Å²) < 4.78 is 17.0. The molecule has 2 N–H and O–H groups in total. The van der Waals surface area contributed by atoms with Crippen LogP contribution in [0, 0.1) is 0 Å². The van der Waals surface area contributed by atoms with E-state index in [1.165, 1.54) is 25.7 Å². The van der Waals surface area contributed by atoms with E-state index in [1.807, 2.05) is 0 Å². The number of benzene rings is 3. The van der Waals surface area contributed by atoms with Crippen LogP contribution in [0.4, 0.5) is 0 Å². The molecule has 5 rings (SSSR count). The van der Waals surface area contributed by atoms with Crippen LogP contribution < -0.4 is 16.0 Å². The highest BCUT2D eigenvalue weighted by Gasteiger charge is 2.32. The van der Waals surface area contributed by atoms with Crippen molar-refractivity contribution in [2.24, 2.45) is 0 Å². The lowest BCUT2D eigenvalue weighted by atomic mass is 9.84. The van der Waals surface area contributed by atoms with Crippen molar-refractivity contribution in [1.29, 1.82) is 0 Å². The third-order valence-electron chi connectivity index (χ3n) is 7.20. The van der Waals surface area contributed by atoms with E-state index in [4.69, 9.17) is 13.6 Å². The Kier molecular flexibility index (Phi) is 8.20. The van der Waals surface area contributed by atoms with Crippen LogP contribution in [0.2, 0.25) is 0 Å². The van der Waals surface area contributed by atoms with E-state index in [0.717, 1.165) is 12.8 Å². The summed E-state index contributed by atoms with van der Waals surface area (Å²) in [6.45, 7) is 2.78. The molecule has 7 nitrogen and oxygen atoms in total. The van der Waals surface area contributed by atoms with Crippen molar-refractivity contribution < 1.29 is 23.8 Å². The maximum absolute atomic E-state index is 13.3. The summed E-state index contributed by atoms with van der Waals surface area (Å²) in [5.74, 6) is -1.19. The SMILES string of the molecule is CCCCCCCCOc1ccc(C(c2c(O)c3ccccc3oc2=O)c2c(O)c3ccccc3oc2=O)cc1. The summed E-state index contributed by atoms with van der Waals surface area (Å²) in [6, 6.07) is 20.1. The largest absolute Gasteiger partial charge is 0.507 e. The second kappa shape index (κ2) is 12.1. The number of ether oxygens (including phenoxy) is 1. The maximum atomic E-state index is 13.3. The summed E-state index contributed by atoms with van der Waals surface area (Å²) in [7, 11) is 0. The number of aromatic hydroxyl groups is 2. The highest BCUT2D eigenvalue weighted by atomic mass is 16.5. The molecule has 0 amide bonds. The Hall–Kier alpha value is -4.52. The van der Waals surface area contributed by atoms with Crippen molar-refractivity contribution in [3.8, 4) is 17.2 Å². The second-order valence-electron chi connectivity index (χ2n) is 9.91. The average Bonchev–Trinajstić information content (AvgIpc) is 2.96. The van der Waals surface area contributed by atoms with Gasteiger partial charge in [-0.1, -0.05) is 75.4 Å². The summed E-state index contributed by atoms with van der Waals surface area (Å²) in [6.07, 6.45) is 6.94. The summed E-state index contributed by atoms with van der Waals surface area (Å²) in [5.41, 5.74) is -1.09. The molecule has 0 radical (unpaired) electrons. The molecule has 0 bridgehead atoms. The van der Waals surface area contributed by atoms with Crippen molar-refractivity contribution >= 4 is 21.9 Å². The Morgan fingerprint density at radius 1 is 0.675 bits per heavy atom. The van der Waals surface area contributed by atoms with E-state index in [2.05, 4.69) is 6.92 Å². The Morgan fingerprint density at radius 2 is 1.18 bits per heavy atom. The Morgan fingerprint density at radius 3 is 1.73 bits per heavy atom. The van der Waals surface area contributed by atoms with Crippen LogP contribution >= 0.6 is 0 Å². The van der Waals surface area contributed by atoms with Crippen molar-refractivity contribution in [1.82, 2.24) is 0 Å². The van der Waals surface area contributed by atoms with Crippen LogP contribution in [-0.4, -0.2) is 16.8 Å². The lowest BCUT2D eigenvalue weighted by molar-refractivity contribution is 0.304. The third kappa shape index (κ3) is 5.45. The monoisotopic (exact) mass is 540 g/mol. The van der Waals surface area contributed by atoms with E-state index < -0.39 is 17.2 Å². The molecule has 3 aromatic carbocycles. The van der Waals surface area contributed by atoms with E-state index in [9.17, 15) is 19.8 Å². The quantitative estimate of drug-likeness (QED) is 0.134. The van der Waals surface area contributed by atoms with Gasteiger partial charge in [-0.25, -0.2) is 9.59 Å². The molecule has 0 unspecified atom stereocenters. The van der Waals surface area contributed by atoms with Gasteiger partial charge in [-0.05, 0) is 48.4 Å². The van der Waals surface area contributed by atoms with Gasteiger partial charge in [-0.2, -0.15) is 0 Å². The molecule has 0 aliphatic rings. The minimum Gasteiger partial charge on any atom is -0.507 e. The first-order valence-electron chi connectivity index (χ1n) is 13.7.